The van der Waals surface area contributed by atoms with Gasteiger partial charge in [0.2, 0.25) is 17.8 Å². The van der Waals surface area contributed by atoms with Crippen molar-refractivity contribution >= 4 is 40.8 Å². The number of rotatable bonds is 4. The summed E-state index contributed by atoms with van der Waals surface area (Å²) in [6.45, 7) is 3.02. The number of carbonyl (C=O) groups excluding carboxylic acids is 1. The average molecular weight is 395 g/mol. The molecule has 1 aliphatic rings. The lowest BCUT2D eigenvalue weighted by Crippen LogP contribution is -2.31. The summed E-state index contributed by atoms with van der Waals surface area (Å²) in [6.07, 6.45) is 2.39. The second-order valence-corrected chi connectivity index (χ2v) is 7.02. The Morgan fingerprint density at radius 3 is 2.82 bits per heavy atom. The number of carbonyl (C=O) groups is 1. The minimum absolute atomic E-state index is 0.119. The second kappa shape index (κ2) is 7.82. The highest BCUT2D eigenvalue weighted by Gasteiger charge is 2.19. The summed E-state index contributed by atoms with van der Waals surface area (Å²) >= 11 is 6.09. The van der Waals surface area contributed by atoms with Crippen LogP contribution in [0.2, 0.25) is 5.02 Å². The van der Waals surface area contributed by atoms with Gasteiger partial charge in [-0.2, -0.15) is 4.98 Å². The molecular weight excluding hydrogens is 376 g/mol. The van der Waals surface area contributed by atoms with E-state index in [1.54, 1.807) is 0 Å². The molecule has 3 aromatic rings. The molecule has 1 aliphatic heterocycles. The van der Waals surface area contributed by atoms with Crippen LogP contribution in [-0.2, 0) is 17.8 Å². The molecule has 2 aromatic carbocycles. The number of hydrogen-bond donors (Lipinski definition) is 2. The van der Waals surface area contributed by atoms with Crippen LogP contribution >= 0.6 is 11.6 Å². The zero-order valence-corrected chi connectivity index (χ0v) is 16.1. The van der Waals surface area contributed by atoms with Gasteiger partial charge < -0.3 is 15.5 Å². The van der Waals surface area contributed by atoms with Gasteiger partial charge in [-0.1, -0.05) is 23.7 Å². The number of amides is 1. The monoisotopic (exact) mass is 394 g/mol. The van der Waals surface area contributed by atoms with E-state index in [1.807, 2.05) is 36.4 Å². The summed E-state index contributed by atoms with van der Waals surface area (Å²) in [5, 5.41) is 6.69. The minimum Gasteiger partial charge on any atom is -0.336 e. The molecule has 0 saturated carbocycles. The fourth-order valence-corrected chi connectivity index (χ4v) is 3.39. The standard InChI is InChI=1S/C20H19ClN6O/c1-13(28)24-17-3-2-4-18(10-17)25-19-22-12-23-20(26-19)27-8-7-14-9-16(21)6-5-15(14)11-27/h2-6,9-10,12H,7-8,11H2,1H3,(H,24,28)(H,22,23,25,26). The van der Waals surface area contributed by atoms with Gasteiger partial charge in [-0.05, 0) is 47.9 Å². The first-order valence-electron chi connectivity index (χ1n) is 8.93. The fourth-order valence-electron chi connectivity index (χ4n) is 3.20. The zero-order chi connectivity index (χ0) is 19.5. The SMILES string of the molecule is CC(=O)Nc1cccc(Nc2ncnc(N3CCc4cc(Cl)ccc4C3)n2)c1. The molecule has 142 valence electrons. The maximum atomic E-state index is 11.2. The maximum Gasteiger partial charge on any atom is 0.232 e. The van der Waals surface area contributed by atoms with E-state index in [-0.39, 0.29) is 5.91 Å². The Morgan fingerprint density at radius 2 is 1.96 bits per heavy atom. The van der Waals surface area contributed by atoms with Gasteiger partial charge >= 0.3 is 0 Å². The Balaban J connectivity index is 1.51. The number of benzene rings is 2. The average Bonchev–Trinajstić information content (AvgIpc) is 2.67. The third-order valence-corrected chi connectivity index (χ3v) is 4.70. The number of halogens is 1. The molecule has 1 aromatic heterocycles. The van der Waals surface area contributed by atoms with Crippen LogP contribution in [0.3, 0.4) is 0 Å². The van der Waals surface area contributed by atoms with Crippen molar-refractivity contribution in [3.8, 4) is 0 Å². The smallest absolute Gasteiger partial charge is 0.232 e. The van der Waals surface area contributed by atoms with Crippen LogP contribution in [0.25, 0.3) is 0 Å². The maximum absolute atomic E-state index is 11.2. The summed E-state index contributed by atoms with van der Waals surface area (Å²) in [6, 6.07) is 13.4. The predicted octanol–water partition coefficient (Wildman–Crippen LogP) is 3.79. The largest absolute Gasteiger partial charge is 0.336 e. The molecule has 4 rings (SSSR count). The van der Waals surface area contributed by atoms with Crippen molar-refractivity contribution in [1.82, 2.24) is 15.0 Å². The first-order chi connectivity index (χ1) is 13.6. The Bertz CT molecular complexity index is 1030. The van der Waals surface area contributed by atoms with Gasteiger partial charge in [0.25, 0.3) is 0 Å². The van der Waals surface area contributed by atoms with Crippen molar-refractivity contribution in [1.29, 1.82) is 0 Å². The Hall–Kier alpha value is -3.19. The Kier molecular flexibility index (Phi) is 5.08. The number of nitrogens with one attached hydrogen (secondary N) is 2. The predicted molar refractivity (Wildman–Crippen MR) is 110 cm³/mol. The molecule has 2 heterocycles. The van der Waals surface area contributed by atoms with Crippen molar-refractivity contribution in [2.45, 2.75) is 19.9 Å². The van der Waals surface area contributed by atoms with Gasteiger partial charge in [-0.15, -0.1) is 0 Å². The van der Waals surface area contributed by atoms with Gasteiger partial charge in [-0.3, -0.25) is 4.79 Å². The summed E-state index contributed by atoms with van der Waals surface area (Å²) in [5.41, 5.74) is 3.99. The van der Waals surface area contributed by atoms with Crippen LogP contribution < -0.4 is 15.5 Å². The molecule has 0 aliphatic carbocycles. The van der Waals surface area contributed by atoms with Crippen LogP contribution in [0.1, 0.15) is 18.1 Å². The number of hydrogen-bond acceptors (Lipinski definition) is 6. The van der Waals surface area contributed by atoms with Crippen LogP contribution in [0.15, 0.2) is 48.8 Å². The Morgan fingerprint density at radius 1 is 1.11 bits per heavy atom. The summed E-state index contributed by atoms with van der Waals surface area (Å²) in [7, 11) is 0. The highest BCUT2D eigenvalue weighted by Crippen LogP contribution is 2.25. The molecule has 7 nitrogen and oxygen atoms in total. The van der Waals surface area contributed by atoms with E-state index < -0.39 is 0 Å². The topological polar surface area (TPSA) is 83.0 Å². The van der Waals surface area contributed by atoms with Crippen molar-refractivity contribution in [2.75, 3.05) is 22.1 Å². The molecule has 0 spiro atoms. The van der Waals surface area contributed by atoms with E-state index in [9.17, 15) is 4.79 Å². The molecule has 0 radical (unpaired) electrons. The molecule has 0 unspecified atom stereocenters. The van der Waals surface area contributed by atoms with Gasteiger partial charge in [0.15, 0.2) is 0 Å². The van der Waals surface area contributed by atoms with Crippen molar-refractivity contribution in [3.05, 3.63) is 64.9 Å². The lowest BCUT2D eigenvalue weighted by Gasteiger charge is -2.28. The fraction of sp³-hybridized carbons (Fsp3) is 0.200. The Labute approximate surface area is 167 Å². The number of anilines is 4. The van der Waals surface area contributed by atoms with E-state index in [4.69, 9.17) is 11.6 Å². The van der Waals surface area contributed by atoms with Crippen molar-refractivity contribution in [3.63, 3.8) is 0 Å². The van der Waals surface area contributed by atoms with Crippen LogP contribution in [0.5, 0.6) is 0 Å². The lowest BCUT2D eigenvalue weighted by atomic mass is 10.0. The van der Waals surface area contributed by atoms with Crippen LogP contribution in [0, 0.1) is 0 Å². The van der Waals surface area contributed by atoms with Gasteiger partial charge in [-0.25, -0.2) is 9.97 Å². The molecule has 2 N–H and O–H groups in total. The molecular formula is C20H19ClN6O. The van der Waals surface area contributed by atoms with E-state index in [1.165, 1.54) is 24.4 Å². The van der Waals surface area contributed by atoms with Crippen LogP contribution in [-0.4, -0.2) is 27.4 Å². The molecule has 0 bridgehead atoms. The second-order valence-electron chi connectivity index (χ2n) is 6.58. The van der Waals surface area contributed by atoms with E-state index in [2.05, 4.69) is 36.6 Å². The summed E-state index contributed by atoms with van der Waals surface area (Å²) in [4.78, 5) is 26.4. The third-order valence-electron chi connectivity index (χ3n) is 4.46. The van der Waals surface area contributed by atoms with Crippen molar-refractivity contribution in [2.24, 2.45) is 0 Å². The normalized spacial score (nSPS) is 13.0. The number of nitrogens with zero attached hydrogens (tertiary/aromatic N) is 4. The molecule has 0 fully saturated rings. The van der Waals surface area contributed by atoms with E-state index in [0.29, 0.717) is 17.6 Å². The molecule has 0 saturated heterocycles. The highest BCUT2D eigenvalue weighted by atomic mass is 35.5. The number of fused-ring (bicyclic) bond motifs is 1. The van der Waals surface area contributed by atoms with E-state index >= 15 is 0 Å². The first kappa shape index (κ1) is 18.2. The zero-order valence-electron chi connectivity index (χ0n) is 15.3. The summed E-state index contributed by atoms with van der Waals surface area (Å²) < 4.78 is 0. The van der Waals surface area contributed by atoms with Gasteiger partial charge in [0.05, 0.1) is 0 Å². The summed E-state index contributed by atoms with van der Waals surface area (Å²) in [5.74, 6) is 0.953. The first-order valence-corrected chi connectivity index (χ1v) is 9.30. The molecule has 1 amide bonds. The number of aromatic nitrogens is 3. The van der Waals surface area contributed by atoms with Crippen molar-refractivity contribution < 1.29 is 4.79 Å². The van der Waals surface area contributed by atoms with Crippen LogP contribution in [0.4, 0.5) is 23.3 Å². The quantitative estimate of drug-likeness (QED) is 0.700. The van der Waals surface area contributed by atoms with E-state index in [0.717, 1.165) is 30.2 Å². The molecule has 28 heavy (non-hydrogen) atoms. The third kappa shape index (κ3) is 4.20. The molecule has 0 atom stereocenters. The molecule has 8 heteroatoms. The lowest BCUT2D eigenvalue weighted by molar-refractivity contribution is -0.114. The highest BCUT2D eigenvalue weighted by molar-refractivity contribution is 6.30. The van der Waals surface area contributed by atoms with Gasteiger partial charge in [0, 0.05) is 36.4 Å². The minimum atomic E-state index is -0.119. The van der Waals surface area contributed by atoms with Gasteiger partial charge in [0.1, 0.15) is 6.33 Å².